The summed E-state index contributed by atoms with van der Waals surface area (Å²) in [4.78, 5) is 25.2. The number of benzene rings is 4. The molecule has 0 atom stereocenters. The van der Waals surface area contributed by atoms with Gasteiger partial charge in [0.1, 0.15) is 0 Å². The van der Waals surface area contributed by atoms with Crippen LogP contribution < -0.4 is 0 Å². The molecule has 5 nitrogen and oxygen atoms in total. The summed E-state index contributed by atoms with van der Waals surface area (Å²) in [6.07, 6.45) is 1.82. The molecule has 254 valence electrons. The maximum atomic E-state index is 5.14. The lowest BCUT2D eigenvalue weighted by Crippen LogP contribution is -1.96. The fraction of sp³-hybridized carbons (Fsp3) is 0. The molecule has 0 fully saturated rings. The molecule has 4 aromatic carbocycles. The van der Waals surface area contributed by atoms with Crippen LogP contribution in [0.1, 0.15) is 0 Å². The zero-order chi connectivity index (χ0) is 36.1. The third-order valence-electron chi connectivity index (χ3n) is 9.35. The van der Waals surface area contributed by atoms with Crippen molar-refractivity contribution in [1.82, 2.24) is 24.9 Å². The molecule has 0 spiro atoms. The second-order valence-corrected chi connectivity index (χ2v) is 13.0. The third kappa shape index (κ3) is 6.94. The van der Waals surface area contributed by atoms with Crippen molar-refractivity contribution in [3.05, 3.63) is 200 Å². The first-order valence-electron chi connectivity index (χ1n) is 17.9. The van der Waals surface area contributed by atoms with E-state index in [-0.39, 0.29) is 0 Å². The van der Waals surface area contributed by atoms with E-state index in [1.54, 1.807) is 0 Å². The van der Waals surface area contributed by atoms with Crippen LogP contribution in [0.4, 0.5) is 0 Å². The van der Waals surface area contributed by atoms with Crippen LogP contribution in [0.5, 0.6) is 0 Å². The highest BCUT2D eigenvalue weighted by atomic mass is 14.8. The van der Waals surface area contributed by atoms with Gasteiger partial charge in [-0.25, -0.2) is 19.9 Å². The van der Waals surface area contributed by atoms with Gasteiger partial charge in [-0.1, -0.05) is 133 Å². The third-order valence-corrected chi connectivity index (χ3v) is 9.35. The summed E-state index contributed by atoms with van der Waals surface area (Å²) in [7, 11) is 0. The molecule has 5 aromatic heterocycles. The van der Waals surface area contributed by atoms with Crippen molar-refractivity contribution in [2.75, 3.05) is 0 Å². The Morgan fingerprint density at radius 1 is 0.204 bits per heavy atom. The molecule has 9 rings (SSSR count). The molecule has 0 aliphatic rings. The van der Waals surface area contributed by atoms with Crippen LogP contribution in [-0.2, 0) is 0 Å². The van der Waals surface area contributed by atoms with Crippen molar-refractivity contribution in [3.63, 3.8) is 0 Å². The summed E-state index contributed by atoms with van der Waals surface area (Å²) in [5.74, 6) is 0. The average molecular weight is 692 g/mol. The molecule has 54 heavy (non-hydrogen) atoms. The molecule has 0 bridgehead atoms. The number of aromatic nitrogens is 5. The Kier molecular flexibility index (Phi) is 8.86. The summed E-state index contributed by atoms with van der Waals surface area (Å²) in [6, 6.07) is 65.9. The molecular formula is C49H33N5. The van der Waals surface area contributed by atoms with E-state index in [1.165, 1.54) is 0 Å². The first-order chi connectivity index (χ1) is 26.7. The van der Waals surface area contributed by atoms with Crippen LogP contribution in [0, 0.1) is 0 Å². The van der Waals surface area contributed by atoms with Gasteiger partial charge in [-0.3, -0.25) is 4.98 Å². The monoisotopic (exact) mass is 691 g/mol. The molecule has 0 saturated heterocycles. The lowest BCUT2D eigenvalue weighted by Gasteiger charge is -2.12. The maximum absolute atomic E-state index is 5.14. The van der Waals surface area contributed by atoms with Crippen LogP contribution >= 0.6 is 0 Å². The van der Waals surface area contributed by atoms with Gasteiger partial charge >= 0.3 is 0 Å². The lowest BCUT2D eigenvalue weighted by molar-refractivity contribution is 1.21. The van der Waals surface area contributed by atoms with Gasteiger partial charge in [-0.15, -0.1) is 0 Å². The van der Waals surface area contributed by atoms with E-state index >= 15 is 0 Å². The van der Waals surface area contributed by atoms with Gasteiger partial charge in [0, 0.05) is 22.9 Å². The molecule has 0 radical (unpaired) electrons. The molecular weight excluding hydrogens is 659 g/mol. The first-order valence-corrected chi connectivity index (χ1v) is 17.9. The van der Waals surface area contributed by atoms with Gasteiger partial charge in [-0.2, -0.15) is 0 Å². The highest BCUT2D eigenvalue weighted by molar-refractivity contribution is 5.78. The first kappa shape index (κ1) is 32.5. The van der Waals surface area contributed by atoms with Crippen LogP contribution in [0.3, 0.4) is 0 Å². The number of pyridine rings is 5. The fourth-order valence-electron chi connectivity index (χ4n) is 6.62. The summed E-state index contributed by atoms with van der Waals surface area (Å²) in [6.45, 7) is 0. The topological polar surface area (TPSA) is 64.5 Å². The summed E-state index contributed by atoms with van der Waals surface area (Å²) >= 11 is 0. The second-order valence-electron chi connectivity index (χ2n) is 13.0. The average Bonchev–Trinajstić information content (AvgIpc) is 3.27. The second kappa shape index (κ2) is 14.7. The Hall–Kier alpha value is -7.37. The largest absolute Gasteiger partial charge is 0.255 e. The van der Waals surface area contributed by atoms with Crippen molar-refractivity contribution in [1.29, 1.82) is 0 Å². The van der Waals surface area contributed by atoms with E-state index in [2.05, 4.69) is 97.1 Å². The normalized spacial score (nSPS) is 11.0. The van der Waals surface area contributed by atoms with Gasteiger partial charge in [0.25, 0.3) is 0 Å². The van der Waals surface area contributed by atoms with Crippen molar-refractivity contribution < 1.29 is 0 Å². The minimum Gasteiger partial charge on any atom is -0.255 e. The van der Waals surface area contributed by atoms with Crippen LogP contribution in [0.15, 0.2) is 200 Å². The number of nitrogens with zero attached hydrogens (tertiary/aromatic N) is 5. The van der Waals surface area contributed by atoms with E-state index < -0.39 is 0 Å². The maximum Gasteiger partial charge on any atom is 0.0900 e. The molecule has 0 aliphatic heterocycles. The zero-order valence-electron chi connectivity index (χ0n) is 29.3. The molecule has 5 heterocycles. The number of hydrogen-bond donors (Lipinski definition) is 0. The van der Waals surface area contributed by atoms with Crippen LogP contribution in [-0.4, -0.2) is 24.9 Å². The fourth-order valence-corrected chi connectivity index (χ4v) is 6.62. The number of rotatable bonds is 8. The van der Waals surface area contributed by atoms with E-state index in [1.807, 2.05) is 103 Å². The standard InChI is InChI=1S/C49H33N5/c1-5-15-34(16-6-1)39-30-45(36-19-9-3-10-20-36)53-48(32-39)43-25-13-23-41(51-43)38-27-28-50-47(29-38)42-24-14-26-44(52-42)49-33-40(35-17-7-2-8-18-35)31-46(54-49)37-21-11-4-12-22-37/h1-33H. The van der Waals surface area contributed by atoms with E-state index in [0.29, 0.717) is 0 Å². The molecule has 0 saturated carbocycles. The Morgan fingerprint density at radius 2 is 0.556 bits per heavy atom. The molecule has 0 unspecified atom stereocenters. The minimum absolute atomic E-state index is 0.750. The molecule has 9 aromatic rings. The van der Waals surface area contributed by atoms with Gasteiger partial charge < -0.3 is 0 Å². The Labute approximate surface area is 314 Å². The van der Waals surface area contributed by atoms with Gasteiger partial charge in [-0.05, 0) is 82.9 Å². The summed E-state index contributed by atoms with van der Waals surface area (Å²) in [5, 5.41) is 0. The Balaban J connectivity index is 1.08. The Morgan fingerprint density at radius 3 is 1.04 bits per heavy atom. The Bertz CT molecular complexity index is 2400. The van der Waals surface area contributed by atoms with E-state index in [4.69, 9.17) is 24.9 Å². The molecule has 0 aliphatic carbocycles. The minimum atomic E-state index is 0.750. The SMILES string of the molecule is c1ccc(-c2cc(-c3ccccc3)nc(-c3cccc(-c4ccnc(-c5cccc(-c6cc(-c7ccccc7)cc(-c7ccccc7)n6)n5)c4)n3)c2)cc1. The van der Waals surface area contributed by atoms with E-state index in [0.717, 1.165) is 90.2 Å². The van der Waals surface area contributed by atoms with Gasteiger partial charge in [0.2, 0.25) is 0 Å². The smallest absolute Gasteiger partial charge is 0.0900 e. The lowest BCUT2D eigenvalue weighted by atomic mass is 10.0. The van der Waals surface area contributed by atoms with Gasteiger partial charge in [0.05, 0.1) is 51.2 Å². The van der Waals surface area contributed by atoms with Gasteiger partial charge in [0.15, 0.2) is 0 Å². The highest BCUT2D eigenvalue weighted by Gasteiger charge is 2.14. The molecule has 0 N–H and O–H groups in total. The molecule has 0 amide bonds. The molecule has 5 heteroatoms. The number of hydrogen-bond acceptors (Lipinski definition) is 5. The van der Waals surface area contributed by atoms with Crippen molar-refractivity contribution >= 4 is 0 Å². The van der Waals surface area contributed by atoms with Crippen molar-refractivity contribution in [3.8, 4) is 90.2 Å². The quantitative estimate of drug-likeness (QED) is 0.159. The van der Waals surface area contributed by atoms with Crippen molar-refractivity contribution in [2.45, 2.75) is 0 Å². The summed E-state index contributed by atoms with van der Waals surface area (Å²) < 4.78 is 0. The van der Waals surface area contributed by atoms with Crippen LogP contribution in [0.25, 0.3) is 90.2 Å². The summed E-state index contributed by atoms with van der Waals surface area (Å²) in [5.41, 5.74) is 14.7. The van der Waals surface area contributed by atoms with E-state index in [9.17, 15) is 0 Å². The predicted octanol–water partition coefficient (Wildman–Crippen LogP) is 12.0. The van der Waals surface area contributed by atoms with Crippen molar-refractivity contribution in [2.24, 2.45) is 0 Å². The predicted molar refractivity (Wildman–Crippen MR) is 219 cm³/mol. The van der Waals surface area contributed by atoms with Crippen LogP contribution in [0.2, 0.25) is 0 Å². The highest BCUT2D eigenvalue weighted by Crippen LogP contribution is 2.33. The zero-order valence-corrected chi connectivity index (χ0v) is 29.3.